The molecule has 1 aliphatic heterocycles. The quantitative estimate of drug-likeness (QED) is 0.698. The topological polar surface area (TPSA) is 102 Å². The molecule has 3 rings (SSSR count). The van der Waals surface area contributed by atoms with E-state index in [0.29, 0.717) is 5.57 Å². The van der Waals surface area contributed by atoms with Crippen molar-refractivity contribution >= 4 is 11.3 Å². The van der Waals surface area contributed by atoms with Crippen LogP contribution in [0.25, 0.3) is 5.57 Å². The van der Waals surface area contributed by atoms with E-state index in [1.54, 1.807) is 6.20 Å². The highest BCUT2D eigenvalue weighted by atomic mass is 15.5. The van der Waals surface area contributed by atoms with Crippen molar-refractivity contribution in [3.63, 3.8) is 0 Å². The van der Waals surface area contributed by atoms with Gasteiger partial charge in [-0.25, -0.2) is 0 Å². The predicted octanol–water partition coefficient (Wildman–Crippen LogP) is 0.779. The van der Waals surface area contributed by atoms with Gasteiger partial charge in [0.15, 0.2) is 0 Å². The normalized spacial score (nSPS) is 13.9. The monoisotopic (exact) mass is 253 g/mol. The lowest BCUT2D eigenvalue weighted by molar-refractivity contribution is 0.765. The molecule has 0 atom stereocenters. The van der Waals surface area contributed by atoms with Crippen LogP contribution in [0, 0.1) is 11.3 Å². The summed E-state index contributed by atoms with van der Waals surface area (Å²) in [6.45, 7) is 1.79. The number of nitriles is 1. The summed E-state index contributed by atoms with van der Waals surface area (Å²) in [5, 5.41) is 28.7. The lowest BCUT2D eigenvalue weighted by Crippen LogP contribution is -1.99. The van der Waals surface area contributed by atoms with Crippen molar-refractivity contribution in [2.45, 2.75) is 13.1 Å². The minimum Gasteiger partial charge on any atom is -0.360 e. The largest absolute Gasteiger partial charge is 0.360 e. The molecule has 3 N–H and O–H groups in total. The third-order valence-corrected chi connectivity index (χ3v) is 2.93. The Bertz CT molecular complexity index is 651. The highest BCUT2D eigenvalue weighted by Crippen LogP contribution is 2.20. The highest BCUT2D eigenvalue weighted by Gasteiger charge is 2.10. The van der Waals surface area contributed by atoms with Crippen LogP contribution < -0.4 is 10.6 Å². The van der Waals surface area contributed by atoms with Gasteiger partial charge in [-0.2, -0.15) is 10.5 Å². The standard InChI is InChI=1S/C12H11N7/c13-4-10(12-16-18-19-17-12)7-15-11-2-1-8-5-14-6-9(8)3-11/h1-3,7,14-15H,5-6H2,(H,16,17,18,19). The summed E-state index contributed by atoms with van der Waals surface area (Å²) in [7, 11) is 0. The fourth-order valence-electron chi connectivity index (χ4n) is 1.96. The number of anilines is 1. The first-order chi connectivity index (χ1) is 9.36. The first kappa shape index (κ1) is 11.4. The molecule has 0 bridgehead atoms. The molecule has 0 amide bonds. The molecule has 1 aromatic carbocycles. The highest BCUT2D eigenvalue weighted by molar-refractivity contribution is 5.74. The van der Waals surface area contributed by atoms with E-state index in [9.17, 15) is 0 Å². The van der Waals surface area contributed by atoms with Crippen molar-refractivity contribution in [2.24, 2.45) is 0 Å². The Kier molecular flexibility index (Phi) is 2.92. The number of tetrazole rings is 1. The van der Waals surface area contributed by atoms with Crippen LogP contribution in [-0.2, 0) is 13.1 Å². The van der Waals surface area contributed by atoms with Crippen LogP contribution in [0.15, 0.2) is 24.4 Å². The van der Waals surface area contributed by atoms with Crippen LogP contribution in [0.2, 0.25) is 0 Å². The number of hydrogen-bond acceptors (Lipinski definition) is 6. The van der Waals surface area contributed by atoms with Crippen molar-refractivity contribution in [2.75, 3.05) is 5.32 Å². The van der Waals surface area contributed by atoms with Gasteiger partial charge in [-0.3, -0.25) is 0 Å². The van der Waals surface area contributed by atoms with Crippen LogP contribution in [0.4, 0.5) is 5.69 Å². The van der Waals surface area contributed by atoms with Crippen molar-refractivity contribution in [3.8, 4) is 6.07 Å². The van der Waals surface area contributed by atoms with E-state index in [1.807, 2.05) is 12.1 Å². The average molecular weight is 253 g/mol. The molecule has 0 radical (unpaired) electrons. The number of fused-ring (bicyclic) bond motifs is 1. The van der Waals surface area contributed by atoms with Crippen LogP contribution in [0.5, 0.6) is 0 Å². The Labute approximate surface area is 109 Å². The molecule has 7 nitrogen and oxygen atoms in total. The molecule has 0 unspecified atom stereocenters. The van der Waals surface area contributed by atoms with Crippen LogP contribution >= 0.6 is 0 Å². The molecular formula is C12H11N7. The third-order valence-electron chi connectivity index (χ3n) is 2.93. The number of nitrogens with zero attached hydrogens (tertiary/aromatic N) is 4. The van der Waals surface area contributed by atoms with Crippen LogP contribution in [-0.4, -0.2) is 20.6 Å². The lowest BCUT2D eigenvalue weighted by atomic mass is 10.1. The maximum atomic E-state index is 9.04. The Morgan fingerprint density at radius 3 is 3.05 bits per heavy atom. The van der Waals surface area contributed by atoms with E-state index in [1.165, 1.54) is 11.1 Å². The summed E-state index contributed by atoms with van der Waals surface area (Å²) in [6.07, 6.45) is 1.58. The van der Waals surface area contributed by atoms with E-state index in [2.05, 4.69) is 43.4 Å². The summed E-state index contributed by atoms with van der Waals surface area (Å²) in [5.74, 6) is 0.276. The first-order valence-corrected chi connectivity index (χ1v) is 5.80. The molecule has 0 saturated carbocycles. The van der Waals surface area contributed by atoms with Gasteiger partial charge in [0, 0.05) is 25.0 Å². The Balaban J connectivity index is 1.80. The molecule has 1 aliphatic rings. The maximum absolute atomic E-state index is 9.04. The molecule has 2 aromatic rings. The first-order valence-electron chi connectivity index (χ1n) is 5.80. The molecule has 0 fully saturated rings. The number of hydrogen-bond donors (Lipinski definition) is 3. The third kappa shape index (κ3) is 2.29. The van der Waals surface area contributed by atoms with Crippen molar-refractivity contribution in [1.82, 2.24) is 25.9 Å². The summed E-state index contributed by atoms with van der Waals surface area (Å²) in [4.78, 5) is 0. The van der Waals surface area contributed by atoms with Gasteiger partial charge in [0.25, 0.3) is 0 Å². The summed E-state index contributed by atoms with van der Waals surface area (Å²) in [5.41, 5.74) is 3.84. The zero-order valence-corrected chi connectivity index (χ0v) is 10.0. The molecule has 0 aliphatic carbocycles. The van der Waals surface area contributed by atoms with E-state index in [-0.39, 0.29) is 5.82 Å². The zero-order chi connectivity index (χ0) is 13.1. The van der Waals surface area contributed by atoms with E-state index >= 15 is 0 Å². The van der Waals surface area contributed by atoms with Gasteiger partial charge in [0.2, 0.25) is 5.82 Å². The Morgan fingerprint density at radius 1 is 1.37 bits per heavy atom. The molecule has 19 heavy (non-hydrogen) atoms. The molecule has 0 spiro atoms. The molecular weight excluding hydrogens is 242 g/mol. The second-order valence-electron chi connectivity index (χ2n) is 4.14. The number of nitrogens with one attached hydrogen (secondary N) is 3. The molecule has 0 saturated heterocycles. The molecule has 1 aromatic heterocycles. The van der Waals surface area contributed by atoms with E-state index in [0.717, 1.165) is 18.8 Å². The maximum Gasteiger partial charge on any atom is 0.216 e. The fourth-order valence-corrected chi connectivity index (χ4v) is 1.96. The average Bonchev–Trinajstić information content (AvgIpc) is 3.10. The second-order valence-corrected chi connectivity index (χ2v) is 4.14. The van der Waals surface area contributed by atoms with Gasteiger partial charge in [0.05, 0.1) is 0 Å². The Hall–Kier alpha value is -2.72. The SMILES string of the molecule is N#CC(=CNc1ccc2c(c1)CNC2)c1nn[nH]n1. The van der Waals surface area contributed by atoms with Gasteiger partial charge in [-0.15, -0.1) is 10.2 Å². The van der Waals surface area contributed by atoms with E-state index in [4.69, 9.17) is 5.26 Å². The van der Waals surface area contributed by atoms with Crippen LogP contribution in [0.1, 0.15) is 17.0 Å². The van der Waals surface area contributed by atoms with Gasteiger partial charge in [-0.05, 0) is 28.5 Å². The summed E-state index contributed by atoms with van der Waals surface area (Å²) in [6, 6.07) is 8.15. The second kappa shape index (κ2) is 4.88. The van der Waals surface area contributed by atoms with E-state index < -0.39 is 0 Å². The summed E-state index contributed by atoms with van der Waals surface area (Å²) >= 11 is 0. The minimum absolute atomic E-state index is 0.276. The number of allylic oxidation sites excluding steroid dienone is 1. The lowest BCUT2D eigenvalue weighted by Gasteiger charge is -2.04. The fraction of sp³-hybridized carbons (Fsp3) is 0.167. The van der Waals surface area contributed by atoms with Crippen molar-refractivity contribution in [1.29, 1.82) is 5.26 Å². The van der Waals surface area contributed by atoms with Crippen molar-refractivity contribution < 1.29 is 0 Å². The summed E-state index contributed by atoms with van der Waals surface area (Å²) < 4.78 is 0. The number of aromatic nitrogens is 4. The van der Waals surface area contributed by atoms with Gasteiger partial charge in [0.1, 0.15) is 11.6 Å². The number of H-pyrrole nitrogens is 1. The van der Waals surface area contributed by atoms with Gasteiger partial charge in [-0.1, -0.05) is 6.07 Å². The van der Waals surface area contributed by atoms with Gasteiger partial charge >= 0.3 is 0 Å². The number of rotatable bonds is 3. The predicted molar refractivity (Wildman–Crippen MR) is 68.4 cm³/mol. The van der Waals surface area contributed by atoms with Crippen LogP contribution in [0.3, 0.4) is 0 Å². The molecule has 2 heterocycles. The minimum atomic E-state index is 0.276. The Morgan fingerprint density at radius 2 is 2.26 bits per heavy atom. The molecule has 94 valence electrons. The number of benzene rings is 1. The van der Waals surface area contributed by atoms with Crippen molar-refractivity contribution in [3.05, 3.63) is 41.4 Å². The van der Waals surface area contributed by atoms with Gasteiger partial charge < -0.3 is 10.6 Å². The number of aromatic amines is 1. The molecule has 7 heteroatoms. The zero-order valence-electron chi connectivity index (χ0n) is 10.0. The smallest absolute Gasteiger partial charge is 0.216 e.